The molecule has 0 radical (unpaired) electrons. The number of carbonyl (C=O) groups is 1. The van der Waals surface area contributed by atoms with E-state index in [2.05, 4.69) is 20.4 Å². The molecule has 4 rings (SSSR count). The molecule has 3 aromatic rings. The Balaban J connectivity index is 1.27. The topological polar surface area (TPSA) is 83.4 Å². The Morgan fingerprint density at radius 3 is 2.75 bits per heavy atom. The summed E-state index contributed by atoms with van der Waals surface area (Å²) < 4.78 is 11.1. The molecule has 1 amide bonds. The fraction of sp³-hybridized carbons (Fsp3) is 0.333. The fourth-order valence-corrected chi connectivity index (χ4v) is 3.30. The SMILES string of the molecule is O=C(Nc1ccc(OCCN2CCCCC2)cc1)c1cc(-c2ccco2)[nH]n1. The summed E-state index contributed by atoms with van der Waals surface area (Å²) in [4.78, 5) is 14.8. The van der Waals surface area contributed by atoms with Gasteiger partial charge < -0.3 is 14.5 Å². The van der Waals surface area contributed by atoms with Crippen molar-refractivity contribution in [3.05, 3.63) is 54.4 Å². The molecule has 0 unspecified atom stereocenters. The molecule has 7 heteroatoms. The molecule has 28 heavy (non-hydrogen) atoms. The Hall–Kier alpha value is -3.06. The van der Waals surface area contributed by atoms with E-state index in [0.717, 1.165) is 12.3 Å². The van der Waals surface area contributed by atoms with Gasteiger partial charge in [0.1, 0.15) is 18.1 Å². The van der Waals surface area contributed by atoms with Crippen molar-refractivity contribution in [2.24, 2.45) is 0 Å². The van der Waals surface area contributed by atoms with Crippen molar-refractivity contribution in [1.82, 2.24) is 15.1 Å². The summed E-state index contributed by atoms with van der Waals surface area (Å²) in [6, 6.07) is 12.6. The fourth-order valence-electron chi connectivity index (χ4n) is 3.30. The minimum absolute atomic E-state index is 0.284. The van der Waals surface area contributed by atoms with Crippen LogP contribution in [-0.4, -0.2) is 47.2 Å². The highest BCUT2D eigenvalue weighted by molar-refractivity contribution is 6.03. The summed E-state index contributed by atoms with van der Waals surface area (Å²) in [5.74, 6) is 1.15. The van der Waals surface area contributed by atoms with Gasteiger partial charge in [-0.2, -0.15) is 5.10 Å². The minimum atomic E-state index is -0.284. The second-order valence-corrected chi connectivity index (χ2v) is 6.87. The average Bonchev–Trinajstić information content (AvgIpc) is 3.42. The number of benzene rings is 1. The van der Waals surface area contributed by atoms with E-state index < -0.39 is 0 Å². The second-order valence-electron chi connectivity index (χ2n) is 6.87. The number of carbonyl (C=O) groups excluding carboxylic acids is 1. The molecule has 2 aromatic heterocycles. The van der Waals surface area contributed by atoms with Gasteiger partial charge in [-0.25, -0.2) is 0 Å². The highest BCUT2D eigenvalue weighted by Gasteiger charge is 2.13. The van der Waals surface area contributed by atoms with E-state index in [1.54, 1.807) is 24.5 Å². The predicted octanol–water partition coefficient (Wildman–Crippen LogP) is 3.79. The van der Waals surface area contributed by atoms with Gasteiger partial charge in [-0.1, -0.05) is 6.42 Å². The zero-order chi connectivity index (χ0) is 19.2. The van der Waals surface area contributed by atoms with Crippen LogP contribution in [0.2, 0.25) is 0 Å². The molecule has 1 saturated heterocycles. The molecule has 1 fully saturated rings. The number of furan rings is 1. The normalized spacial score (nSPS) is 14.7. The lowest BCUT2D eigenvalue weighted by molar-refractivity contribution is 0.102. The van der Waals surface area contributed by atoms with Gasteiger partial charge in [0.15, 0.2) is 11.5 Å². The van der Waals surface area contributed by atoms with E-state index in [-0.39, 0.29) is 5.91 Å². The molecule has 3 heterocycles. The molecule has 2 N–H and O–H groups in total. The third kappa shape index (κ3) is 4.61. The number of nitrogens with zero attached hydrogens (tertiary/aromatic N) is 2. The first kappa shape index (κ1) is 18.3. The molecular formula is C21H24N4O3. The summed E-state index contributed by atoms with van der Waals surface area (Å²) in [6.45, 7) is 3.97. The molecule has 0 bridgehead atoms. The van der Waals surface area contributed by atoms with Gasteiger partial charge >= 0.3 is 0 Å². The number of likely N-dealkylation sites (tertiary alicyclic amines) is 1. The molecule has 0 aliphatic carbocycles. The van der Waals surface area contributed by atoms with Gasteiger partial charge in [0, 0.05) is 18.3 Å². The zero-order valence-electron chi connectivity index (χ0n) is 15.7. The molecule has 0 spiro atoms. The average molecular weight is 380 g/mol. The predicted molar refractivity (Wildman–Crippen MR) is 106 cm³/mol. The Morgan fingerprint density at radius 2 is 2.00 bits per heavy atom. The number of ether oxygens (including phenoxy) is 1. The molecule has 1 aliphatic heterocycles. The van der Waals surface area contributed by atoms with E-state index in [1.807, 2.05) is 24.3 Å². The molecule has 1 aromatic carbocycles. The van der Waals surface area contributed by atoms with Crippen molar-refractivity contribution in [3.63, 3.8) is 0 Å². The van der Waals surface area contributed by atoms with Crippen molar-refractivity contribution in [2.75, 3.05) is 31.6 Å². The van der Waals surface area contributed by atoms with Crippen molar-refractivity contribution >= 4 is 11.6 Å². The number of anilines is 1. The highest BCUT2D eigenvalue weighted by atomic mass is 16.5. The lowest BCUT2D eigenvalue weighted by Crippen LogP contribution is -2.33. The molecular weight excluding hydrogens is 356 g/mol. The first-order valence-corrected chi connectivity index (χ1v) is 9.64. The van der Waals surface area contributed by atoms with E-state index in [1.165, 1.54) is 32.4 Å². The minimum Gasteiger partial charge on any atom is -0.492 e. The van der Waals surface area contributed by atoms with Gasteiger partial charge in [0.25, 0.3) is 5.91 Å². The summed E-state index contributed by atoms with van der Waals surface area (Å²) in [6.07, 6.45) is 5.49. The molecule has 7 nitrogen and oxygen atoms in total. The standard InChI is InChI=1S/C21H24N4O3/c26-21(19-15-18(23-24-19)20-5-4-13-28-20)22-16-6-8-17(9-7-16)27-14-12-25-10-2-1-3-11-25/h4-9,13,15H,1-3,10-12,14H2,(H,22,26)(H,23,24). The van der Waals surface area contributed by atoms with Crippen molar-refractivity contribution in [3.8, 4) is 17.2 Å². The van der Waals surface area contributed by atoms with Crippen molar-refractivity contribution in [1.29, 1.82) is 0 Å². The molecule has 146 valence electrons. The van der Waals surface area contributed by atoms with Crippen LogP contribution in [0.1, 0.15) is 29.8 Å². The van der Waals surface area contributed by atoms with E-state index in [0.29, 0.717) is 29.4 Å². The summed E-state index contributed by atoms with van der Waals surface area (Å²) in [5.41, 5.74) is 1.65. The summed E-state index contributed by atoms with van der Waals surface area (Å²) in [5, 5.41) is 9.69. The third-order valence-electron chi connectivity index (χ3n) is 4.83. The Bertz CT molecular complexity index is 881. The smallest absolute Gasteiger partial charge is 0.276 e. The number of hydrogen-bond donors (Lipinski definition) is 2. The zero-order valence-corrected chi connectivity index (χ0v) is 15.7. The van der Waals surface area contributed by atoms with Crippen LogP contribution < -0.4 is 10.1 Å². The third-order valence-corrected chi connectivity index (χ3v) is 4.83. The Labute approximate surface area is 163 Å². The number of H-pyrrole nitrogens is 1. The van der Waals surface area contributed by atoms with E-state index in [4.69, 9.17) is 9.15 Å². The van der Waals surface area contributed by atoms with Gasteiger partial charge in [-0.05, 0) is 62.3 Å². The van der Waals surface area contributed by atoms with Crippen molar-refractivity contribution in [2.45, 2.75) is 19.3 Å². The van der Waals surface area contributed by atoms with E-state index >= 15 is 0 Å². The largest absolute Gasteiger partial charge is 0.492 e. The Morgan fingerprint density at radius 1 is 1.18 bits per heavy atom. The lowest BCUT2D eigenvalue weighted by atomic mass is 10.1. The maximum absolute atomic E-state index is 12.4. The van der Waals surface area contributed by atoms with Gasteiger partial charge in [-0.3, -0.25) is 14.8 Å². The molecule has 0 atom stereocenters. The first-order valence-electron chi connectivity index (χ1n) is 9.64. The van der Waals surface area contributed by atoms with Gasteiger partial charge in [-0.15, -0.1) is 0 Å². The van der Waals surface area contributed by atoms with Gasteiger partial charge in [0.2, 0.25) is 0 Å². The van der Waals surface area contributed by atoms with Gasteiger partial charge in [0.05, 0.1) is 6.26 Å². The lowest BCUT2D eigenvalue weighted by Gasteiger charge is -2.26. The maximum atomic E-state index is 12.4. The number of aromatic nitrogens is 2. The van der Waals surface area contributed by atoms with Crippen LogP contribution in [0.15, 0.2) is 53.1 Å². The van der Waals surface area contributed by atoms with Crippen LogP contribution in [0.5, 0.6) is 5.75 Å². The number of hydrogen-bond acceptors (Lipinski definition) is 5. The Kier molecular flexibility index (Phi) is 5.72. The number of aromatic amines is 1. The van der Waals surface area contributed by atoms with Crippen LogP contribution >= 0.6 is 0 Å². The van der Waals surface area contributed by atoms with Crippen molar-refractivity contribution < 1.29 is 13.9 Å². The number of amides is 1. The van der Waals surface area contributed by atoms with E-state index in [9.17, 15) is 4.79 Å². The number of nitrogens with one attached hydrogen (secondary N) is 2. The first-order chi connectivity index (χ1) is 13.8. The monoisotopic (exact) mass is 380 g/mol. The summed E-state index contributed by atoms with van der Waals surface area (Å²) >= 11 is 0. The second kappa shape index (κ2) is 8.75. The van der Waals surface area contributed by atoms with Crippen LogP contribution in [0.3, 0.4) is 0 Å². The van der Waals surface area contributed by atoms with Crippen LogP contribution in [0.4, 0.5) is 5.69 Å². The number of rotatable bonds is 7. The van der Waals surface area contributed by atoms with Crippen LogP contribution in [-0.2, 0) is 0 Å². The molecule has 1 aliphatic rings. The summed E-state index contributed by atoms with van der Waals surface area (Å²) in [7, 11) is 0. The maximum Gasteiger partial charge on any atom is 0.276 e. The molecule has 0 saturated carbocycles. The van der Waals surface area contributed by atoms with Crippen LogP contribution in [0, 0.1) is 0 Å². The van der Waals surface area contributed by atoms with Crippen LogP contribution in [0.25, 0.3) is 11.5 Å². The quantitative estimate of drug-likeness (QED) is 0.652. The number of piperidine rings is 1. The highest BCUT2D eigenvalue weighted by Crippen LogP contribution is 2.20.